The number of nitrogens with zero attached hydrogens (tertiary/aromatic N) is 1. The van der Waals surface area contributed by atoms with Crippen molar-refractivity contribution >= 4 is 5.82 Å². The second-order valence-corrected chi connectivity index (χ2v) is 4.85. The lowest BCUT2D eigenvalue weighted by atomic mass is 10.0. The van der Waals surface area contributed by atoms with Crippen LogP contribution in [0.4, 0.5) is 5.82 Å². The average Bonchev–Trinajstić information content (AvgIpc) is 2.48. The van der Waals surface area contributed by atoms with Crippen molar-refractivity contribution in [2.45, 2.75) is 19.1 Å². The van der Waals surface area contributed by atoms with Crippen LogP contribution in [0.5, 0.6) is 11.5 Å². The average molecular weight is 272 g/mol. The fourth-order valence-electron chi connectivity index (χ4n) is 2.23. The number of nitrogen functional groups attached to an aromatic ring is 1. The van der Waals surface area contributed by atoms with Gasteiger partial charge in [0.1, 0.15) is 18.5 Å². The number of aryl methyl sites for hydroxylation is 1. The molecule has 2 unspecified atom stereocenters. The largest absolute Gasteiger partial charge is 0.486 e. The zero-order valence-electron chi connectivity index (χ0n) is 11.1. The molecule has 20 heavy (non-hydrogen) atoms. The predicted octanol–water partition coefficient (Wildman–Crippen LogP) is 1.85. The molecule has 0 spiro atoms. The van der Waals surface area contributed by atoms with Crippen LogP contribution in [0.1, 0.15) is 17.2 Å². The number of hydrogen-bond acceptors (Lipinski definition) is 5. The van der Waals surface area contributed by atoms with Gasteiger partial charge in [0.2, 0.25) is 0 Å². The lowest BCUT2D eigenvalue weighted by molar-refractivity contribution is -0.0111. The Hall–Kier alpha value is -2.27. The Balaban J connectivity index is 1.85. The topological polar surface area (TPSA) is 77.6 Å². The van der Waals surface area contributed by atoms with Crippen molar-refractivity contribution in [3.05, 3.63) is 47.7 Å². The maximum atomic E-state index is 10.5. The molecular weight excluding hydrogens is 256 g/mol. The van der Waals surface area contributed by atoms with E-state index >= 15 is 0 Å². The molecule has 1 aliphatic heterocycles. The number of anilines is 1. The molecule has 1 aromatic heterocycles. The molecule has 3 N–H and O–H groups in total. The van der Waals surface area contributed by atoms with Gasteiger partial charge in [-0.3, -0.25) is 0 Å². The molecule has 5 nitrogen and oxygen atoms in total. The van der Waals surface area contributed by atoms with Gasteiger partial charge in [-0.25, -0.2) is 4.98 Å². The monoisotopic (exact) mass is 272 g/mol. The standard InChI is InChI=1S/C15H16N2O3/c1-9-6-10(15(16)17-7-9)14(18)13-8-19-11-4-2-3-5-12(11)20-13/h2-7,13-14,18H,8H2,1H3,(H2,16,17). The van der Waals surface area contributed by atoms with Crippen LogP contribution in [-0.4, -0.2) is 22.8 Å². The summed E-state index contributed by atoms with van der Waals surface area (Å²) in [5, 5.41) is 10.5. The van der Waals surface area contributed by atoms with Gasteiger partial charge >= 0.3 is 0 Å². The first-order valence-electron chi connectivity index (χ1n) is 6.43. The summed E-state index contributed by atoms with van der Waals surface area (Å²) >= 11 is 0. The fourth-order valence-corrected chi connectivity index (χ4v) is 2.23. The normalized spacial score (nSPS) is 18.6. The smallest absolute Gasteiger partial charge is 0.163 e. The molecule has 0 saturated carbocycles. The zero-order valence-corrected chi connectivity index (χ0v) is 11.1. The fraction of sp³-hybridized carbons (Fsp3) is 0.267. The molecule has 0 amide bonds. The molecule has 0 fully saturated rings. The number of hydrogen-bond donors (Lipinski definition) is 2. The second-order valence-electron chi connectivity index (χ2n) is 4.85. The highest BCUT2D eigenvalue weighted by atomic mass is 16.6. The van der Waals surface area contributed by atoms with Gasteiger partial charge in [0, 0.05) is 11.8 Å². The highest BCUT2D eigenvalue weighted by Gasteiger charge is 2.30. The lowest BCUT2D eigenvalue weighted by Gasteiger charge is -2.30. The third-order valence-corrected chi connectivity index (χ3v) is 3.29. The SMILES string of the molecule is Cc1cnc(N)c(C(O)C2COc3ccccc3O2)c1. The molecule has 1 aliphatic rings. The van der Waals surface area contributed by atoms with Gasteiger partial charge in [-0.15, -0.1) is 0 Å². The van der Waals surface area contributed by atoms with Crippen LogP contribution in [-0.2, 0) is 0 Å². The van der Waals surface area contributed by atoms with Crippen LogP contribution in [0.25, 0.3) is 0 Å². The van der Waals surface area contributed by atoms with Crippen molar-refractivity contribution in [3.63, 3.8) is 0 Å². The molecule has 0 aliphatic carbocycles. The molecule has 0 bridgehead atoms. The Morgan fingerprint density at radius 2 is 2.10 bits per heavy atom. The minimum atomic E-state index is -0.879. The first-order chi connectivity index (χ1) is 9.65. The van der Waals surface area contributed by atoms with E-state index in [-0.39, 0.29) is 6.61 Å². The Labute approximate surface area is 117 Å². The second kappa shape index (κ2) is 5.02. The number of rotatable bonds is 2. The van der Waals surface area contributed by atoms with Gasteiger partial charge in [0.15, 0.2) is 17.6 Å². The number of nitrogens with two attached hydrogens (primary N) is 1. The van der Waals surface area contributed by atoms with E-state index in [0.29, 0.717) is 22.9 Å². The Bertz CT molecular complexity index is 630. The number of para-hydroxylation sites is 2. The number of benzene rings is 1. The number of aliphatic hydroxyl groups excluding tert-OH is 1. The van der Waals surface area contributed by atoms with E-state index in [4.69, 9.17) is 15.2 Å². The number of aliphatic hydroxyl groups is 1. The molecule has 2 heterocycles. The highest BCUT2D eigenvalue weighted by molar-refractivity contribution is 5.44. The summed E-state index contributed by atoms with van der Waals surface area (Å²) in [4.78, 5) is 4.06. The third-order valence-electron chi connectivity index (χ3n) is 3.29. The van der Waals surface area contributed by atoms with Crippen molar-refractivity contribution in [3.8, 4) is 11.5 Å². The quantitative estimate of drug-likeness (QED) is 0.872. The summed E-state index contributed by atoms with van der Waals surface area (Å²) in [6, 6.07) is 9.20. The van der Waals surface area contributed by atoms with Gasteiger partial charge in [-0.2, -0.15) is 0 Å². The van der Waals surface area contributed by atoms with Gasteiger partial charge in [-0.1, -0.05) is 12.1 Å². The Morgan fingerprint density at radius 3 is 2.90 bits per heavy atom. The molecule has 0 saturated heterocycles. The number of pyridine rings is 1. The molecular formula is C15H16N2O3. The van der Waals surface area contributed by atoms with Crippen molar-refractivity contribution in [1.82, 2.24) is 4.98 Å². The molecule has 2 aromatic rings. The Kier molecular flexibility index (Phi) is 3.20. The molecule has 1 aromatic carbocycles. The maximum absolute atomic E-state index is 10.5. The third kappa shape index (κ3) is 2.28. The summed E-state index contributed by atoms with van der Waals surface area (Å²) in [5.41, 5.74) is 7.33. The molecule has 0 radical (unpaired) electrons. The molecule has 104 valence electrons. The van der Waals surface area contributed by atoms with E-state index in [2.05, 4.69) is 4.98 Å². The molecule has 3 rings (SSSR count). The summed E-state index contributed by atoms with van der Waals surface area (Å²) in [5.74, 6) is 1.62. The van der Waals surface area contributed by atoms with E-state index in [1.165, 1.54) is 0 Å². The van der Waals surface area contributed by atoms with Gasteiger partial charge in [-0.05, 0) is 30.7 Å². The van der Waals surface area contributed by atoms with Crippen LogP contribution in [0, 0.1) is 6.92 Å². The van der Waals surface area contributed by atoms with Crippen LogP contribution in [0.3, 0.4) is 0 Å². The van der Waals surface area contributed by atoms with Crippen molar-refractivity contribution in [2.24, 2.45) is 0 Å². The van der Waals surface area contributed by atoms with Crippen LogP contribution < -0.4 is 15.2 Å². The highest BCUT2D eigenvalue weighted by Crippen LogP contribution is 2.35. The predicted molar refractivity (Wildman–Crippen MR) is 74.7 cm³/mol. The minimum absolute atomic E-state index is 0.269. The van der Waals surface area contributed by atoms with E-state index in [9.17, 15) is 5.11 Å². The summed E-state index contributed by atoms with van der Waals surface area (Å²) in [6.07, 6.45) is 0.283. The van der Waals surface area contributed by atoms with Crippen LogP contribution >= 0.6 is 0 Å². The van der Waals surface area contributed by atoms with Gasteiger partial charge in [0.25, 0.3) is 0 Å². The minimum Gasteiger partial charge on any atom is -0.486 e. The molecule has 5 heteroatoms. The maximum Gasteiger partial charge on any atom is 0.163 e. The summed E-state index contributed by atoms with van der Waals surface area (Å²) < 4.78 is 11.4. The molecule has 2 atom stereocenters. The number of fused-ring (bicyclic) bond motifs is 1. The first-order valence-corrected chi connectivity index (χ1v) is 6.43. The van der Waals surface area contributed by atoms with E-state index in [0.717, 1.165) is 5.56 Å². The van der Waals surface area contributed by atoms with Crippen molar-refractivity contribution < 1.29 is 14.6 Å². The van der Waals surface area contributed by atoms with Crippen LogP contribution in [0.2, 0.25) is 0 Å². The van der Waals surface area contributed by atoms with Gasteiger partial charge in [0.05, 0.1) is 0 Å². The Morgan fingerprint density at radius 1 is 1.35 bits per heavy atom. The van der Waals surface area contributed by atoms with Gasteiger partial charge < -0.3 is 20.3 Å². The van der Waals surface area contributed by atoms with E-state index in [1.54, 1.807) is 6.20 Å². The summed E-state index contributed by atoms with van der Waals surface area (Å²) in [6.45, 7) is 2.17. The van der Waals surface area contributed by atoms with Crippen molar-refractivity contribution in [1.29, 1.82) is 0 Å². The van der Waals surface area contributed by atoms with E-state index in [1.807, 2.05) is 37.3 Å². The summed E-state index contributed by atoms with van der Waals surface area (Å²) in [7, 11) is 0. The lowest BCUT2D eigenvalue weighted by Crippen LogP contribution is -2.35. The van der Waals surface area contributed by atoms with E-state index < -0.39 is 12.2 Å². The van der Waals surface area contributed by atoms with Crippen molar-refractivity contribution in [2.75, 3.05) is 12.3 Å². The number of ether oxygens (including phenoxy) is 2. The number of aromatic nitrogens is 1. The first kappa shape index (κ1) is 12.7. The van der Waals surface area contributed by atoms with Crippen LogP contribution in [0.15, 0.2) is 36.5 Å². The zero-order chi connectivity index (χ0) is 14.1.